The maximum Gasteiger partial charge on any atom is 0.167 e. The number of hydrogen-bond donors (Lipinski definition) is 0. The van der Waals surface area contributed by atoms with Crippen LogP contribution in [0.1, 0.15) is 45.0 Å². The van der Waals surface area contributed by atoms with E-state index in [1.54, 1.807) is 4.68 Å². The van der Waals surface area contributed by atoms with Gasteiger partial charge >= 0.3 is 0 Å². The molecule has 0 bridgehead atoms. The van der Waals surface area contributed by atoms with Crippen molar-refractivity contribution in [3.05, 3.63) is 16.4 Å². The van der Waals surface area contributed by atoms with Gasteiger partial charge in [0.15, 0.2) is 5.78 Å². The lowest BCUT2D eigenvalue weighted by Gasteiger charge is -2.15. The lowest BCUT2D eigenvalue weighted by Crippen LogP contribution is -2.26. The Morgan fingerprint density at radius 1 is 1.42 bits per heavy atom. The van der Waals surface area contributed by atoms with Crippen LogP contribution in [0.3, 0.4) is 0 Å². The minimum absolute atomic E-state index is 0.0799. The van der Waals surface area contributed by atoms with Crippen molar-refractivity contribution in [3.63, 3.8) is 0 Å². The van der Waals surface area contributed by atoms with E-state index in [0.717, 1.165) is 30.7 Å². The van der Waals surface area contributed by atoms with E-state index >= 15 is 0 Å². The Labute approximate surface area is 120 Å². The summed E-state index contributed by atoms with van der Waals surface area (Å²) < 4.78 is 7.21. The molecule has 1 unspecified atom stereocenters. The largest absolute Gasteiger partial charge is 0.371 e. The van der Waals surface area contributed by atoms with E-state index in [1.807, 2.05) is 27.8 Å². The van der Waals surface area contributed by atoms with Crippen molar-refractivity contribution in [2.75, 3.05) is 6.61 Å². The summed E-state index contributed by atoms with van der Waals surface area (Å²) >= 11 is 6.26. The average Bonchev–Trinajstić information content (AvgIpc) is 2.65. The van der Waals surface area contributed by atoms with Crippen LogP contribution in [0.5, 0.6) is 0 Å². The van der Waals surface area contributed by atoms with E-state index in [9.17, 15) is 4.79 Å². The normalized spacial score (nSPS) is 12.7. The second-order valence-electron chi connectivity index (χ2n) is 4.56. The highest BCUT2D eigenvalue weighted by molar-refractivity contribution is 6.32. The fourth-order valence-corrected chi connectivity index (χ4v) is 2.45. The molecule has 0 fully saturated rings. The first-order chi connectivity index (χ1) is 9.04. The number of halogens is 1. The van der Waals surface area contributed by atoms with Gasteiger partial charge in [0.05, 0.1) is 22.8 Å². The Kier molecular flexibility index (Phi) is 6.52. The fraction of sp³-hybridized carbons (Fsp3) is 0.714. The summed E-state index contributed by atoms with van der Waals surface area (Å²) in [5.41, 5.74) is 1.62. The number of ether oxygens (including phenoxy) is 1. The molecule has 4 nitrogen and oxygen atoms in total. The highest BCUT2D eigenvalue weighted by Crippen LogP contribution is 2.22. The lowest BCUT2D eigenvalue weighted by atomic mass is 10.1. The Morgan fingerprint density at radius 2 is 2.11 bits per heavy atom. The lowest BCUT2D eigenvalue weighted by molar-refractivity contribution is -0.130. The number of aryl methyl sites for hydroxylation is 2. The summed E-state index contributed by atoms with van der Waals surface area (Å²) in [4.78, 5) is 12.3. The minimum Gasteiger partial charge on any atom is -0.371 e. The average molecular weight is 287 g/mol. The molecular formula is C14H23ClN2O2. The number of carbonyl (C=O) groups is 1. The van der Waals surface area contributed by atoms with Gasteiger partial charge in [0.1, 0.15) is 6.10 Å². The number of aromatic nitrogens is 2. The zero-order valence-electron chi connectivity index (χ0n) is 12.2. The molecule has 0 saturated carbocycles. The predicted molar refractivity (Wildman–Crippen MR) is 76.6 cm³/mol. The van der Waals surface area contributed by atoms with Crippen LogP contribution in [-0.2, 0) is 29.4 Å². The van der Waals surface area contributed by atoms with E-state index in [2.05, 4.69) is 5.10 Å². The zero-order chi connectivity index (χ0) is 14.4. The molecule has 1 heterocycles. The molecule has 1 aromatic rings. The van der Waals surface area contributed by atoms with Gasteiger partial charge in [-0.2, -0.15) is 5.10 Å². The monoisotopic (exact) mass is 286 g/mol. The number of Topliss-reactive ketones (excluding diaryl/α,β-unsaturated/α-hetero) is 1. The number of nitrogens with zero attached hydrogens (tertiary/aromatic N) is 2. The van der Waals surface area contributed by atoms with Crippen molar-refractivity contribution in [1.82, 2.24) is 9.78 Å². The molecule has 19 heavy (non-hydrogen) atoms. The van der Waals surface area contributed by atoms with Crippen LogP contribution in [0.2, 0.25) is 5.02 Å². The second-order valence-corrected chi connectivity index (χ2v) is 4.94. The van der Waals surface area contributed by atoms with Crippen LogP contribution in [-0.4, -0.2) is 28.3 Å². The molecule has 1 aromatic heterocycles. The molecule has 5 heteroatoms. The van der Waals surface area contributed by atoms with E-state index in [1.165, 1.54) is 0 Å². The van der Waals surface area contributed by atoms with Crippen LogP contribution in [0.4, 0.5) is 0 Å². The first-order valence-electron chi connectivity index (χ1n) is 6.89. The first-order valence-corrected chi connectivity index (χ1v) is 7.27. The Balaban J connectivity index is 2.83. The van der Waals surface area contributed by atoms with Crippen molar-refractivity contribution in [2.24, 2.45) is 7.05 Å². The van der Waals surface area contributed by atoms with Gasteiger partial charge in [0.2, 0.25) is 0 Å². The maximum absolute atomic E-state index is 12.3. The standard InChI is InChI=1S/C14H23ClN2O2/c1-5-8-13(19-7-3)12(18)9-11-14(15)10(6-2)16-17(11)4/h13H,5-9H2,1-4H3. The molecule has 0 amide bonds. The zero-order valence-corrected chi connectivity index (χ0v) is 13.0. The molecule has 0 aliphatic heterocycles. The van der Waals surface area contributed by atoms with Crippen LogP contribution in [0.15, 0.2) is 0 Å². The SMILES string of the molecule is CCCC(OCC)C(=O)Cc1c(Cl)c(CC)nn1C. The minimum atomic E-state index is -0.328. The molecule has 0 aliphatic carbocycles. The van der Waals surface area contributed by atoms with Crippen LogP contribution < -0.4 is 0 Å². The van der Waals surface area contributed by atoms with Gasteiger partial charge in [0.25, 0.3) is 0 Å². The summed E-state index contributed by atoms with van der Waals surface area (Å²) in [6.45, 7) is 6.50. The third kappa shape index (κ3) is 4.05. The molecule has 0 aromatic carbocycles. The van der Waals surface area contributed by atoms with Gasteiger partial charge < -0.3 is 4.74 Å². The molecule has 0 spiro atoms. The molecule has 1 rings (SSSR count). The second kappa shape index (κ2) is 7.65. The Hall–Kier alpha value is -0.870. The fourth-order valence-electron chi connectivity index (χ4n) is 2.09. The highest BCUT2D eigenvalue weighted by atomic mass is 35.5. The van der Waals surface area contributed by atoms with E-state index in [4.69, 9.17) is 16.3 Å². The van der Waals surface area contributed by atoms with Crippen LogP contribution in [0, 0.1) is 0 Å². The maximum atomic E-state index is 12.3. The number of ketones is 1. The predicted octanol–water partition coefficient (Wildman–Crippen LogP) is 2.95. The van der Waals surface area contributed by atoms with Crippen molar-refractivity contribution in [3.8, 4) is 0 Å². The molecule has 1 atom stereocenters. The summed E-state index contributed by atoms with van der Waals surface area (Å²) in [6, 6.07) is 0. The molecule has 0 N–H and O–H groups in total. The van der Waals surface area contributed by atoms with E-state index < -0.39 is 0 Å². The van der Waals surface area contributed by atoms with Crippen molar-refractivity contribution in [2.45, 2.75) is 52.6 Å². The van der Waals surface area contributed by atoms with Gasteiger partial charge in [-0.3, -0.25) is 9.48 Å². The summed E-state index contributed by atoms with van der Waals surface area (Å²) in [5, 5.41) is 4.94. The molecular weight excluding hydrogens is 264 g/mol. The quantitative estimate of drug-likeness (QED) is 0.738. The highest BCUT2D eigenvalue weighted by Gasteiger charge is 2.22. The summed E-state index contributed by atoms with van der Waals surface area (Å²) in [6.07, 6.45) is 2.40. The van der Waals surface area contributed by atoms with Gasteiger partial charge in [-0.15, -0.1) is 0 Å². The van der Waals surface area contributed by atoms with Crippen molar-refractivity contribution < 1.29 is 9.53 Å². The summed E-state index contributed by atoms with van der Waals surface area (Å²) in [5.74, 6) is 0.0799. The molecule has 0 aliphatic rings. The van der Waals surface area contributed by atoms with Crippen LogP contribution in [0.25, 0.3) is 0 Å². The third-order valence-electron chi connectivity index (χ3n) is 3.12. The van der Waals surface area contributed by atoms with Crippen molar-refractivity contribution in [1.29, 1.82) is 0 Å². The van der Waals surface area contributed by atoms with Gasteiger partial charge in [-0.1, -0.05) is 31.9 Å². The smallest absolute Gasteiger partial charge is 0.167 e. The topological polar surface area (TPSA) is 44.1 Å². The Bertz CT molecular complexity index is 423. The van der Waals surface area contributed by atoms with Crippen molar-refractivity contribution >= 4 is 17.4 Å². The number of carbonyl (C=O) groups excluding carboxylic acids is 1. The van der Waals surface area contributed by atoms with E-state index in [0.29, 0.717) is 11.6 Å². The van der Waals surface area contributed by atoms with Crippen LogP contribution >= 0.6 is 11.6 Å². The number of rotatable bonds is 8. The third-order valence-corrected chi connectivity index (χ3v) is 3.56. The first kappa shape index (κ1) is 16.2. The van der Waals surface area contributed by atoms with Gasteiger partial charge in [0, 0.05) is 13.7 Å². The Morgan fingerprint density at radius 3 is 2.58 bits per heavy atom. The molecule has 0 saturated heterocycles. The number of hydrogen-bond acceptors (Lipinski definition) is 3. The van der Waals surface area contributed by atoms with E-state index in [-0.39, 0.29) is 18.3 Å². The van der Waals surface area contributed by atoms with Gasteiger partial charge in [-0.05, 0) is 19.8 Å². The molecule has 0 radical (unpaired) electrons. The van der Waals surface area contributed by atoms with Gasteiger partial charge in [-0.25, -0.2) is 0 Å². The summed E-state index contributed by atoms with van der Waals surface area (Å²) in [7, 11) is 1.82. The molecule has 108 valence electrons.